The lowest BCUT2D eigenvalue weighted by molar-refractivity contribution is -0.0191. The van der Waals surface area contributed by atoms with E-state index in [2.05, 4.69) is 22.2 Å². The van der Waals surface area contributed by atoms with Crippen LogP contribution in [0.5, 0.6) is 0 Å². The van der Waals surface area contributed by atoms with Crippen molar-refractivity contribution >= 4 is 0 Å². The lowest BCUT2D eigenvalue weighted by Crippen LogP contribution is -2.45. The summed E-state index contributed by atoms with van der Waals surface area (Å²) in [5.74, 6) is -0.296. The highest BCUT2D eigenvalue weighted by Crippen LogP contribution is 2.12. The van der Waals surface area contributed by atoms with Crippen molar-refractivity contribution in [2.45, 2.75) is 19.1 Å². The normalized spacial score (nSPS) is 22.9. The molecule has 1 fully saturated rings. The minimum absolute atomic E-state index is 0.0732. The van der Waals surface area contributed by atoms with Gasteiger partial charge in [0.2, 0.25) is 0 Å². The molecule has 0 aliphatic carbocycles. The lowest BCUT2D eigenvalue weighted by Gasteiger charge is -2.31. The van der Waals surface area contributed by atoms with E-state index in [9.17, 15) is 4.39 Å². The fourth-order valence-corrected chi connectivity index (χ4v) is 2.08. The molecule has 0 saturated carbocycles. The van der Waals surface area contributed by atoms with Gasteiger partial charge < -0.3 is 15.0 Å². The van der Waals surface area contributed by atoms with Gasteiger partial charge in [0.25, 0.3) is 0 Å². The van der Waals surface area contributed by atoms with Crippen LogP contribution in [-0.4, -0.2) is 49.3 Å². The molecule has 1 saturated heterocycles. The number of likely N-dealkylation sites (N-methyl/N-ethyl adjacent to an activating group) is 1. The number of ether oxygens (including phenoxy) is 1. The van der Waals surface area contributed by atoms with Gasteiger partial charge in [0, 0.05) is 31.9 Å². The van der Waals surface area contributed by atoms with Gasteiger partial charge in [-0.2, -0.15) is 0 Å². The predicted molar refractivity (Wildman–Crippen MR) is 67.8 cm³/mol. The number of nitrogens with zero attached hydrogens (tertiary/aromatic N) is 2. The summed E-state index contributed by atoms with van der Waals surface area (Å²) in [5.41, 5.74) is 0.860. The Morgan fingerprint density at radius 1 is 1.61 bits per heavy atom. The van der Waals surface area contributed by atoms with Crippen LogP contribution in [0.15, 0.2) is 18.5 Å². The average molecular weight is 253 g/mol. The number of halogens is 1. The van der Waals surface area contributed by atoms with Crippen LogP contribution in [0.4, 0.5) is 4.39 Å². The first kappa shape index (κ1) is 13.4. The molecule has 0 bridgehead atoms. The van der Waals surface area contributed by atoms with Crippen molar-refractivity contribution in [2.24, 2.45) is 0 Å². The minimum atomic E-state index is -0.296. The van der Waals surface area contributed by atoms with Gasteiger partial charge in [-0.25, -0.2) is 4.39 Å². The first-order valence-corrected chi connectivity index (χ1v) is 6.29. The van der Waals surface area contributed by atoms with Crippen LogP contribution in [0, 0.1) is 5.82 Å². The van der Waals surface area contributed by atoms with Crippen molar-refractivity contribution in [1.29, 1.82) is 0 Å². The van der Waals surface area contributed by atoms with Gasteiger partial charge in [0.1, 0.15) is 5.82 Å². The number of hydrogen-bond acceptors (Lipinski definition) is 4. The Morgan fingerprint density at radius 3 is 3.17 bits per heavy atom. The van der Waals surface area contributed by atoms with E-state index in [0.29, 0.717) is 0 Å². The Morgan fingerprint density at radius 2 is 2.44 bits per heavy atom. The Hall–Kier alpha value is -1.04. The van der Waals surface area contributed by atoms with E-state index in [1.165, 1.54) is 12.3 Å². The molecule has 1 N–H and O–H groups in total. The van der Waals surface area contributed by atoms with E-state index in [4.69, 9.17) is 4.74 Å². The molecule has 0 amide bonds. The van der Waals surface area contributed by atoms with Crippen LogP contribution in [0.25, 0.3) is 0 Å². The van der Waals surface area contributed by atoms with Crippen molar-refractivity contribution in [3.05, 3.63) is 29.8 Å². The predicted octanol–water partition coefficient (Wildman–Crippen LogP) is 1.20. The average Bonchev–Trinajstić information content (AvgIpc) is 2.36. The minimum Gasteiger partial charge on any atom is -0.374 e. The van der Waals surface area contributed by atoms with E-state index in [0.717, 1.165) is 31.8 Å². The molecule has 0 aromatic carbocycles. The summed E-state index contributed by atoms with van der Waals surface area (Å²) < 4.78 is 18.7. The number of pyridine rings is 1. The second-order valence-corrected chi connectivity index (χ2v) is 4.82. The maximum Gasteiger partial charge on any atom is 0.141 e. The topological polar surface area (TPSA) is 37.4 Å². The molecule has 1 aliphatic rings. The third-order valence-electron chi connectivity index (χ3n) is 3.22. The Balaban J connectivity index is 1.82. The van der Waals surface area contributed by atoms with Gasteiger partial charge in [-0.15, -0.1) is 0 Å². The number of rotatable bonds is 4. The Bertz CT molecular complexity index is 388. The van der Waals surface area contributed by atoms with E-state index >= 15 is 0 Å². The monoisotopic (exact) mass is 253 g/mol. The second kappa shape index (κ2) is 6.22. The van der Waals surface area contributed by atoms with Crippen LogP contribution in [0.2, 0.25) is 0 Å². The quantitative estimate of drug-likeness (QED) is 0.875. The van der Waals surface area contributed by atoms with Crippen molar-refractivity contribution in [3.8, 4) is 0 Å². The van der Waals surface area contributed by atoms with Crippen LogP contribution >= 0.6 is 0 Å². The summed E-state index contributed by atoms with van der Waals surface area (Å²) in [6.07, 6.45) is 3.11. The van der Waals surface area contributed by atoms with Crippen LogP contribution in [0.1, 0.15) is 18.5 Å². The number of nitrogens with one attached hydrogen (secondary N) is 1. The van der Waals surface area contributed by atoms with E-state index in [1.807, 2.05) is 6.92 Å². The first-order valence-electron chi connectivity index (χ1n) is 6.29. The molecule has 100 valence electrons. The van der Waals surface area contributed by atoms with Crippen molar-refractivity contribution in [2.75, 3.05) is 33.3 Å². The molecule has 2 unspecified atom stereocenters. The largest absolute Gasteiger partial charge is 0.374 e. The molecule has 1 aromatic rings. The van der Waals surface area contributed by atoms with Crippen LogP contribution < -0.4 is 5.32 Å². The fraction of sp³-hybridized carbons (Fsp3) is 0.615. The molecular formula is C13H20FN3O. The summed E-state index contributed by atoms with van der Waals surface area (Å²) in [5, 5.41) is 3.36. The van der Waals surface area contributed by atoms with E-state index in [1.54, 1.807) is 6.20 Å². The summed E-state index contributed by atoms with van der Waals surface area (Å²) in [7, 11) is 2.09. The Labute approximate surface area is 107 Å². The lowest BCUT2D eigenvalue weighted by atomic mass is 10.1. The smallest absolute Gasteiger partial charge is 0.141 e. The molecule has 2 rings (SSSR count). The zero-order valence-corrected chi connectivity index (χ0v) is 10.9. The molecule has 1 aromatic heterocycles. The standard InChI is InChI=1S/C13H20FN3O/c1-10(11-5-12(14)7-15-6-11)16-8-13-9-17(2)3-4-18-13/h5-7,10,13,16H,3-4,8-9H2,1-2H3. The van der Waals surface area contributed by atoms with Crippen LogP contribution in [0.3, 0.4) is 0 Å². The highest BCUT2D eigenvalue weighted by Gasteiger charge is 2.18. The van der Waals surface area contributed by atoms with Crippen molar-refractivity contribution in [1.82, 2.24) is 15.2 Å². The summed E-state index contributed by atoms with van der Waals surface area (Å²) >= 11 is 0. The molecule has 2 heterocycles. The summed E-state index contributed by atoms with van der Waals surface area (Å²) in [6, 6.07) is 1.59. The summed E-state index contributed by atoms with van der Waals surface area (Å²) in [4.78, 5) is 6.11. The fourth-order valence-electron chi connectivity index (χ4n) is 2.08. The second-order valence-electron chi connectivity index (χ2n) is 4.82. The molecule has 2 atom stereocenters. The maximum atomic E-state index is 13.1. The summed E-state index contributed by atoms with van der Waals surface area (Å²) in [6.45, 7) is 5.46. The van der Waals surface area contributed by atoms with E-state index < -0.39 is 0 Å². The highest BCUT2D eigenvalue weighted by atomic mass is 19.1. The van der Waals surface area contributed by atoms with E-state index in [-0.39, 0.29) is 18.0 Å². The number of aromatic nitrogens is 1. The zero-order chi connectivity index (χ0) is 13.0. The van der Waals surface area contributed by atoms with Crippen molar-refractivity contribution < 1.29 is 9.13 Å². The molecule has 1 aliphatic heterocycles. The first-order chi connectivity index (χ1) is 8.65. The SMILES string of the molecule is CC(NCC1CN(C)CCO1)c1cncc(F)c1. The van der Waals surface area contributed by atoms with Gasteiger partial charge in [-0.05, 0) is 25.6 Å². The number of morpholine rings is 1. The van der Waals surface area contributed by atoms with Gasteiger partial charge in [-0.3, -0.25) is 4.98 Å². The van der Waals surface area contributed by atoms with Crippen molar-refractivity contribution in [3.63, 3.8) is 0 Å². The third kappa shape index (κ3) is 3.73. The van der Waals surface area contributed by atoms with Gasteiger partial charge in [-0.1, -0.05) is 0 Å². The molecule has 4 nitrogen and oxygen atoms in total. The molecule has 18 heavy (non-hydrogen) atoms. The molecule has 0 radical (unpaired) electrons. The molecule has 5 heteroatoms. The number of hydrogen-bond donors (Lipinski definition) is 1. The maximum absolute atomic E-state index is 13.1. The Kier molecular flexibility index (Phi) is 4.63. The van der Waals surface area contributed by atoms with Gasteiger partial charge in [0.15, 0.2) is 0 Å². The zero-order valence-electron chi connectivity index (χ0n) is 10.9. The highest BCUT2D eigenvalue weighted by molar-refractivity contribution is 5.14. The molecular weight excluding hydrogens is 233 g/mol. The van der Waals surface area contributed by atoms with Gasteiger partial charge in [0.05, 0.1) is 18.9 Å². The molecule has 0 spiro atoms. The van der Waals surface area contributed by atoms with Crippen LogP contribution in [-0.2, 0) is 4.74 Å². The third-order valence-corrected chi connectivity index (χ3v) is 3.22. The van der Waals surface area contributed by atoms with Gasteiger partial charge >= 0.3 is 0 Å².